The van der Waals surface area contributed by atoms with Crippen molar-refractivity contribution in [1.82, 2.24) is 0 Å². The zero-order valence-corrected chi connectivity index (χ0v) is 15.3. The van der Waals surface area contributed by atoms with E-state index in [0.29, 0.717) is 22.8 Å². The van der Waals surface area contributed by atoms with Crippen molar-refractivity contribution in [3.63, 3.8) is 0 Å². The molecular weight excluding hydrogens is 362 g/mol. The molecule has 2 aromatic carbocycles. The average Bonchev–Trinajstić information content (AvgIpc) is 2.94. The van der Waals surface area contributed by atoms with Gasteiger partial charge in [0.1, 0.15) is 12.2 Å². The number of hydrogen-bond acceptors (Lipinski definition) is 6. The third-order valence-electron chi connectivity index (χ3n) is 4.12. The van der Waals surface area contributed by atoms with Gasteiger partial charge in [0, 0.05) is 0 Å². The molecule has 3 rings (SSSR count). The van der Waals surface area contributed by atoms with Gasteiger partial charge in [-0.25, -0.2) is 0 Å². The van der Waals surface area contributed by atoms with Crippen molar-refractivity contribution in [3.8, 4) is 28.7 Å². The van der Waals surface area contributed by atoms with E-state index in [2.05, 4.69) is 9.47 Å². The van der Waals surface area contributed by atoms with E-state index in [1.165, 1.54) is 32.4 Å². The van der Waals surface area contributed by atoms with Crippen molar-refractivity contribution in [1.29, 1.82) is 0 Å². The minimum Gasteiger partial charge on any atom is -0.493 e. The van der Waals surface area contributed by atoms with Gasteiger partial charge in [0.2, 0.25) is 5.75 Å². The summed E-state index contributed by atoms with van der Waals surface area (Å²) in [6, 6.07) is 7.63. The van der Waals surface area contributed by atoms with Gasteiger partial charge in [0.25, 0.3) is 0 Å². The number of fused-ring (bicyclic) bond motifs is 1. The Balaban J connectivity index is 1.83. The Morgan fingerprint density at radius 1 is 1.00 bits per heavy atom. The summed E-state index contributed by atoms with van der Waals surface area (Å²) in [5, 5.41) is 10.6. The zero-order valence-electron chi connectivity index (χ0n) is 15.3. The minimum atomic E-state index is -3.71. The first-order valence-corrected chi connectivity index (χ1v) is 8.21. The van der Waals surface area contributed by atoms with Crippen LogP contribution >= 0.6 is 0 Å². The zero-order chi connectivity index (χ0) is 19.8. The van der Waals surface area contributed by atoms with E-state index in [9.17, 15) is 13.9 Å². The lowest BCUT2D eigenvalue weighted by atomic mass is 10.0. The molecule has 0 amide bonds. The summed E-state index contributed by atoms with van der Waals surface area (Å²) in [5.41, 5.74) is 1.26. The summed E-state index contributed by atoms with van der Waals surface area (Å²) in [5.74, 6) is 1.01. The summed E-state index contributed by atoms with van der Waals surface area (Å²) in [6.07, 6.45) is -5.57. The summed E-state index contributed by atoms with van der Waals surface area (Å²) >= 11 is 0. The summed E-state index contributed by atoms with van der Waals surface area (Å²) < 4.78 is 51.6. The molecule has 0 aromatic heterocycles. The molecule has 146 valence electrons. The quantitative estimate of drug-likeness (QED) is 0.819. The standard InChI is InChI=1S/C19H20F2O6/c1-10-7-15(23-3)18(16(8-10)24-4)25-11(2)17(22)12-5-6-13-14(9-12)27-19(20,21)26-13/h5-9,11,17,22H,1-4H3/t11?,17-/m1/s1. The number of aryl methyl sites for hydroxylation is 1. The van der Waals surface area contributed by atoms with Crippen molar-refractivity contribution in [2.24, 2.45) is 0 Å². The number of benzene rings is 2. The molecule has 1 unspecified atom stereocenters. The lowest BCUT2D eigenvalue weighted by Crippen LogP contribution is -2.26. The maximum Gasteiger partial charge on any atom is 0.586 e. The molecule has 0 aliphatic carbocycles. The third-order valence-corrected chi connectivity index (χ3v) is 4.12. The molecule has 2 aromatic rings. The topological polar surface area (TPSA) is 66.4 Å². The smallest absolute Gasteiger partial charge is 0.493 e. The Kier molecular flexibility index (Phi) is 5.01. The molecule has 1 aliphatic rings. The normalized spacial score (nSPS) is 16.6. The Bertz CT molecular complexity index is 814. The fraction of sp³-hybridized carbons (Fsp3) is 0.368. The molecule has 0 spiro atoms. The van der Waals surface area contributed by atoms with Gasteiger partial charge in [-0.3, -0.25) is 0 Å². The molecule has 0 fully saturated rings. The maximum atomic E-state index is 13.2. The molecule has 27 heavy (non-hydrogen) atoms. The van der Waals surface area contributed by atoms with Gasteiger partial charge in [-0.15, -0.1) is 8.78 Å². The van der Waals surface area contributed by atoms with Crippen LogP contribution in [0.1, 0.15) is 24.2 Å². The van der Waals surface area contributed by atoms with Crippen molar-refractivity contribution < 1.29 is 37.6 Å². The number of ether oxygens (including phenoxy) is 5. The van der Waals surface area contributed by atoms with Gasteiger partial charge >= 0.3 is 6.29 Å². The maximum absolute atomic E-state index is 13.2. The lowest BCUT2D eigenvalue weighted by Gasteiger charge is -2.23. The van der Waals surface area contributed by atoms with Crippen LogP contribution in [0, 0.1) is 6.92 Å². The second-order valence-electron chi connectivity index (χ2n) is 6.14. The van der Waals surface area contributed by atoms with Crippen molar-refractivity contribution in [2.75, 3.05) is 14.2 Å². The molecule has 8 heteroatoms. The van der Waals surface area contributed by atoms with Gasteiger partial charge in [0.15, 0.2) is 23.0 Å². The molecule has 0 saturated heterocycles. The largest absolute Gasteiger partial charge is 0.586 e. The van der Waals surface area contributed by atoms with Crippen LogP contribution in [0.3, 0.4) is 0 Å². The van der Waals surface area contributed by atoms with Crippen LogP contribution in [0.2, 0.25) is 0 Å². The molecular formula is C19H20F2O6. The highest BCUT2D eigenvalue weighted by molar-refractivity contribution is 5.54. The summed E-state index contributed by atoms with van der Waals surface area (Å²) in [6.45, 7) is 3.53. The van der Waals surface area contributed by atoms with Gasteiger partial charge in [-0.2, -0.15) is 0 Å². The van der Waals surface area contributed by atoms with Crippen LogP contribution in [0.5, 0.6) is 28.7 Å². The van der Waals surface area contributed by atoms with E-state index in [0.717, 1.165) is 5.56 Å². The molecule has 0 saturated carbocycles. The van der Waals surface area contributed by atoms with E-state index < -0.39 is 18.5 Å². The molecule has 1 aliphatic heterocycles. The van der Waals surface area contributed by atoms with Crippen LogP contribution in [-0.4, -0.2) is 31.7 Å². The average molecular weight is 382 g/mol. The molecule has 0 bridgehead atoms. The van der Waals surface area contributed by atoms with Crippen LogP contribution in [-0.2, 0) is 0 Å². The fourth-order valence-corrected chi connectivity index (χ4v) is 2.80. The van der Waals surface area contributed by atoms with Crippen molar-refractivity contribution >= 4 is 0 Å². The summed E-state index contributed by atoms with van der Waals surface area (Å²) in [4.78, 5) is 0. The molecule has 1 heterocycles. The van der Waals surface area contributed by atoms with Gasteiger partial charge in [0.05, 0.1) is 14.2 Å². The number of halogens is 2. The minimum absolute atomic E-state index is 0.0913. The first-order chi connectivity index (χ1) is 12.7. The van der Waals surface area contributed by atoms with Crippen LogP contribution < -0.4 is 23.7 Å². The van der Waals surface area contributed by atoms with Crippen LogP contribution in [0.25, 0.3) is 0 Å². The molecule has 1 N–H and O–H groups in total. The van der Waals surface area contributed by atoms with E-state index in [4.69, 9.17) is 14.2 Å². The highest BCUT2D eigenvalue weighted by atomic mass is 19.3. The number of aliphatic hydroxyl groups is 1. The monoisotopic (exact) mass is 382 g/mol. The van der Waals surface area contributed by atoms with E-state index in [-0.39, 0.29) is 11.5 Å². The second-order valence-corrected chi connectivity index (χ2v) is 6.14. The van der Waals surface area contributed by atoms with Gasteiger partial charge in [-0.05, 0) is 49.2 Å². The highest BCUT2D eigenvalue weighted by Crippen LogP contribution is 2.43. The van der Waals surface area contributed by atoms with E-state index in [1.807, 2.05) is 6.92 Å². The summed E-state index contributed by atoms with van der Waals surface area (Å²) in [7, 11) is 3.00. The number of rotatable bonds is 6. The lowest BCUT2D eigenvalue weighted by molar-refractivity contribution is -0.286. The highest BCUT2D eigenvalue weighted by Gasteiger charge is 2.43. The Morgan fingerprint density at radius 2 is 1.59 bits per heavy atom. The Hall–Kier alpha value is -2.74. The van der Waals surface area contributed by atoms with E-state index >= 15 is 0 Å². The molecule has 6 nitrogen and oxygen atoms in total. The third kappa shape index (κ3) is 3.85. The number of methoxy groups -OCH3 is 2. The first-order valence-electron chi connectivity index (χ1n) is 8.21. The van der Waals surface area contributed by atoms with Crippen molar-refractivity contribution in [3.05, 3.63) is 41.5 Å². The molecule has 0 radical (unpaired) electrons. The fourth-order valence-electron chi connectivity index (χ4n) is 2.80. The SMILES string of the molecule is COc1cc(C)cc(OC)c1OC(C)[C@@H](O)c1ccc2c(c1)OC(F)(F)O2. The van der Waals surface area contributed by atoms with Crippen LogP contribution in [0.15, 0.2) is 30.3 Å². The predicted octanol–water partition coefficient (Wildman–Crippen LogP) is 3.83. The van der Waals surface area contributed by atoms with Crippen LogP contribution in [0.4, 0.5) is 8.78 Å². The second kappa shape index (κ2) is 7.11. The number of hydrogen-bond donors (Lipinski definition) is 1. The molecule has 2 atom stereocenters. The number of alkyl halides is 2. The Morgan fingerprint density at radius 3 is 2.19 bits per heavy atom. The number of aliphatic hydroxyl groups excluding tert-OH is 1. The van der Waals surface area contributed by atoms with E-state index in [1.54, 1.807) is 19.1 Å². The van der Waals surface area contributed by atoms with Gasteiger partial charge in [-0.1, -0.05) is 6.07 Å². The Labute approximate surface area is 155 Å². The van der Waals surface area contributed by atoms with Gasteiger partial charge < -0.3 is 28.8 Å². The first kappa shape index (κ1) is 19.0. The predicted molar refractivity (Wildman–Crippen MR) is 92.0 cm³/mol. The van der Waals surface area contributed by atoms with Crippen molar-refractivity contribution in [2.45, 2.75) is 32.4 Å².